The maximum atomic E-state index is 13.0. The molecule has 0 aliphatic rings. The summed E-state index contributed by atoms with van der Waals surface area (Å²) in [5, 5.41) is 8.94. The Balaban J connectivity index is 2.19. The van der Waals surface area contributed by atoms with Gasteiger partial charge in [0, 0.05) is 20.6 Å². The van der Waals surface area contributed by atoms with Gasteiger partial charge in [-0.15, -0.1) is 10.2 Å². The number of nitrogens with zero attached hydrogens (tertiary/aromatic N) is 5. The lowest BCUT2D eigenvalue weighted by Gasteiger charge is -2.12. The second kappa shape index (κ2) is 6.50. The number of aryl methyl sites for hydroxylation is 2. The summed E-state index contributed by atoms with van der Waals surface area (Å²) >= 11 is 0. The first-order valence-corrected chi connectivity index (χ1v) is 9.05. The van der Waals surface area contributed by atoms with Crippen LogP contribution < -0.4 is 11.2 Å². The van der Waals surface area contributed by atoms with Crippen molar-refractivity contribution >= 4 is 22.1 Å². The van der Waals surface area contributed by atoms with Crippen LogP contribution >= 0.6 is 0 Å². The number of benzene rings is 1. The fourth-order valence-electron chi connectivity index (χ4n) is 3.53. The Kier molecular flexibility index (Phi) is 4.14. The second-order valence-corrected chi connectivity index (χ2v) is 6.74. The predicted octanol–water partition coefficient (Wildman–Crippen LogP) is 2.45. The van der Waals surface area contributed by atoms with Gasteiger partial charge >= 0.3 is 5.69 Å². The molecule has 4 aromatic rings. The van der Waals surface area contributed by atoms with Crippen molar-refractivity contribution < 1.29 is 0 Å². The average molecular weight is 363 g/mol. The van der Waals surface area contributed by atoms with E-state index in [4.69, 9.17) is 0 Å². The Morgan fingerprint density at radius 3 is 2.44 bits per heavy atom. The molecule has 0 saturated heterocycles. The molecule has 7 nitrogen and oxygen atoms in total. The largest absolute Gasteiger partial charge is 0.338 e. The predicted molar refractivity (Wildman–Crippen MR) is 106 cm³/mol. The molecule has 0 aliphatic heterocycles. The molecule has 3 aromatic heterocycles. The molecule has 0 aliphatic carbocycles. The molecule has 27 heavy (non-hydrogen) atoms. The first kappa shape index (κ1) is 17.2. The summed E-state index contributed by atoms with van der Waals surface area (Å²) in [4.78, 5) is 25.2. The first-order valence-electron chi connectivity index (χ1n) is 9.05. The van der Waals surface area contributed by atoms with Crippen LogP contribution in [0, 0.1) is 0 Å². The summed E-state index contributed by atoms with van der Waals surface area (Å²) in [5.41, 5.74) is 3.01. The third-order valence-electron chi connectivity index (χ3n) is 5.00. The number of fused-ring (bicyclic) bond motifs is 3. The van der Waals surface area contributed by atoms with E-state index in [1.807, 2.05) is 36.4 Å². The number of aromatic nitrogens is 5. The van der Waals surface area contributed by atoms with E-state index in [2.05, 4.69) is 21.7 Å². The zero-order valence-corrected chi connectivity index (χ0v) is 15.6. The van der Waals surface area contributed by atoms with E-state index in [1.165, 1.54) is 11.6 Å². The number of rotatable bonds is 4. The van der Waals surface area contributed by atoms with Crippen LogP contribution in [0.2, 0.25) is 0 Å². The fourth-order valence-corrected chi connectivity index (χ4v) is 3.53. The zero-order chi connectivity index (χ0) is 19.1. The van der Waals surface area contributed by atoms with Crippen LogP contribution in [-0.4, -0.2) is 23.9 Å². The van der Waals surface area contributed by atoms with Crippen LogP contribution in [-0.2, 0) is 20.6 Å². The van der Waals surface area contributed by atoms with E-state index in [0.717, 1.165) is 40.7 Å². The smallest absolute Gasteiger partial charge is 0.332 e. The van der Waals surface area contributed by atoms with Gasteiger partial charge in [0.2, 0.25) is 0 Å². The van der Waals surface area contributed by atoms with Gasteiger partial charge in [0.1, 0.15) is 10.9 Å². The van der Waals surface area contributed by atoms with E-state index in [-0.39, 0.29) is 5.56 Å². The highest BCUT2D eigenvalue weighted by Crippen LogP contribution is 2.30. The molecule has 0 amide bonds. The lowest BCUT2D eigenvalue weighted by molar-refractivity contribution is 0.654. The topological polar surface area (TPSA) is 74.7 Å². The molecule has 1 aromatic carbocycles. The van der Waals surface area contributed by atoms with Crippen molar-refractivity contribution in [2.24, 2.45) is 14.1 Å². The van der Waals surface area contributed by atoms with Crippen molar-refractivity contribution in [3.8, 4) is 11.3 Å². The minimum absolute atomic E-state index is 0.311. The maximum Gasteiger partial charge on any atom is 0.332 e. The summed E-state index contributed by atoms with van der Waals surface area (Å²) in [5.74, 6) is 0. The quantitative estimate of drug-likeness (QED) is 0.558. The molecule has 3 heterocycles. The first-order chi connectivity index (χ1) is 13.0. The molecule has 0 N–H and O–H groups in total. The Hall–Kier alpha value is -3.22. The van der Waals surface area contributed by atoms with E-state index in [1.54, 1.807) is 7.05 Å². The summed E-state index contributed by atoms with van der Waals surface area (Å²) in [6, 6.07) is 12.0. The molecule has 0 unspecified atom stereocenters. The Labute approximate surface area is 155 Å². The number of hydrogen-bond acceptors (Lipinski definition) is 4. The van der Waals surface area contributed by atoms with E-state index < -0.39 is 5.69 Å². The van der Waals surface area contributed by atoms with Gasteiger partial charge in [0.15, 0.2) is 5.65 Å². The highest BCUT2D eigenvalue weighted by Gasteiger charge is 2.20. The van der Waals surface area contributed by atoms with Crippen LogP contribution in [0.15, 0.2) is 46.0 Å². The Bertz CT molecular complexity index is 1270. The second-order valence-electron chi connectivity index (χ2n) is 6.74. The van der Waals surface area contributed by atoms with Crippen molar-refractivity contribution in [1.82, 2.24) is 23.9 Å². The number of hydrogen-bond donors (Lipinski definition) is 0. The normalized spacial score (nSPS) is 11.5. The van der Waals surface area contributed by atoms with E-state index in [9.17, 15) is 9.59 Å². The zero-order valence-electron chi connectivity index (χ0n) is 15.6. The van der Waals surface area contributed by atoms with Gasteiger partial charge in [-0.2, -0.15) is 0 Å². The standard InChI is InChI=1S/C20H21N5O2/c1-4-5-11-25-15(13-9-7-6-8-10-13)12-14-17(25)16-18(22-21-14)23(2)20(27)24(3)19(16)26/h6-10,12H,4-5,11H2,1-3H3. The molecule has 0 atom stereocenters. The molecule has 0 bridgehead atoms. The molecule has 0 spiro atoms. The molecule has 0 saturated carbocycles. The fraction of sp³-hybridized carbons (Fsp3) is 0.300. The van der Waals surface area contributed by atoms with Crippen molar-refractivity contribution in [1.29, 1.82) is 0 Å². The minimum Gasteiger partial charge on any atom is -0.338 e. The molecule has 0 radical (unpaired) electrons. The summed E-state index contributed by atoms with van der Waals surface area (Å²) in [7, 11) is 3.11. The van der Waals surface area contributed by atoms with Crippen molar-refractivity contribution in [3.05, 3.63) is 57.2 Å². The van der Waals surface area contributed by atoms with Crippen LogP contribution in [0.5, 0.6) is 0 Å². The minimum atomic E-state index is -0.406. The molecular formula is C20H21N5O2. The van der Waals surface area contributed by atoms with Crippen molar-refractivity contribution in [2.75, 3.05) is 0 Å². The summed E-state index contributed by atoms with van der Waals surface area (Å²) < 4.78 is 4.64. The molecule has 138 valence electrons. The van der Waals surface area contributed by atoms with Crippen molar-refractivity contribution in [3.63, 3.8) is 0 Å². The van der Waals surface area contributed by atoms with E-state index in [0.29, 0.717) is 16.6 Å². The van der Waals surface area contributed by atoms with Gasteiger partial charge in [-0.25, -0.2) is 4.79 Å². The third-order valence-corrected chi connectivity index (χ3v) is 5.00. The Morgan fingerprint density at radius 1 is 1.00 bits per heavy atom. The summed E-state index contributed by atoms with van der Waals surface area (Å²) in [6.07, 6.45) is 2.00. The van der Waals surface area contributed by atoms with Gasteiger partial charge in [0.25, 0.3) is 5.56 Å². The molecular weight excluding hydrogens is 342 g/mol. The van der Waals surface area contributed by atoms with Crippen molar-refractivity contribution in [2.45, 2.75) is 26.3 Å². The summed E-state index contributed by atoms with van der Waals surface area (Å²) in [6.45, 7) is 2.89. The van der Waals surface area contributed by atoms with Gasteiger partial charge in [-0.3, -0.25) is 13.9 Å². The molecule has 7 heteroatoms. The van der Waals surface area contributed by atoms with E-state index >= 15 is 0 Å². The highest BCUT2D eigenvalue weighted by atomic mass is 16.2. The monoisotopic (exact) mass is 363 g/mol. The highest BCUT2D eigenvalue weighted by molar-refractivity contribution is 6.02. The van der Waals surface area contributed by atoms with Gasteiger partial charge in [-0.05, 0) is 18.1 Å². The van der Waals surface area contributed by atoms with Crippen LogP contribution in [0.4, 0.5) is 0 Å². The van der Waals surface area contributed by atoms with Gasteiger partial charge in [0.05, 0.1) is 11.2 Å². The SMILES string of the molecule is CCCCn1c(-c2ccccc2)cc2nnc3c(c(=O)n(C)c(=O)n3C)c21. The average Bonchev–Trinajstić information content (AvgIpc) is 3.07. The van der Waals surface area contributed by atoms with Crippen LogP contribution in [0.3, 0.4) is 0 Å². The number of unbranched alkanes of at least 4 members (excludes halogenated alkanes) is 1. The molecule has 0 fully saturated rings. The molecule has 4 rings (SSSR count). The third kappa shape index (κ3) is 2.58. The lowest BCUT2D eigenvalue weighted by Crippen LogP contribution is -2.37. The maximum absolute atomic E-state index is 13.0. The lowest BCUT2D eigenvalue weighted by atomic mass is 10.1. The van der Waals surface area contributed by atoms with Gasteiger partial charge < -0.3 is 4.57 Å². The Morgan fingerprint density at radius 2 is 1.74 bits per heavy atom. The van der Waals surface area contributed by atoms with Crippen LogP contribution in [0.25, 0.3) is 33.3 Å². The van der Waals surface area contributed by atoms with Crippen LogP contribution in [0.1, 0.15) is 19.8 Å². The van der Waals surface area contributed by atoms with Gasteiger partial charge in [-0.1, -0.05) is 43.7 Å².